The minimum Gasteiger partial charge on any atom is -0.481 e. The number of carbonyl (C=O) groups is 2. The highest BCUT2D eigenvalue weighted by Gasteiger charge is 2.39. The zero-order valence-corrected chi connectivity index (χ0v) is 12.0. The molecule has 2 fully saturated rings. The fourth-order valence-corrected chi connectivity index (χ4v) is 3.04. The summed E-state index contributed by atoms with van der Waals surface area (Å²) in [7, 11) is 0. The van der Waals surface area contributed by atoms with Gasteiger partial charge in [-0.15, -0.1) is 0 Å². The van der Waals surface area contributed by atoms with Crippen molar-refractivity contribution in [3.05, 3.63) is 0 Å². The molecule has 2 aliphatic rings. The Kier molecular flexibility index (Phi) is 4.86. The second-order valence-electron chi connectivity index (χ2n) is 6.04. The lowest BCUT2D eigenvalue weighted by atomic mass is 9.87. The van der Waals surface area contributed by atoms with Gasteiger partial charge in [0.1, 0.15) is 0 Å². The van der Waals surface area contributed by atoms with Crippen molar-refractivity contribution in [2.45, 2.75) is 26.2 Å². The molecule has 0 aromatic heterocycles. The number of amides is 2. The van der Waals surface area contributed by atoms with E-state index in [-0.39, 0.29) is 24.5 Å². The van der Waals surface area contributed by atoms with Crippen LogP contribution in [0.3, 0.4) is 0 Å². The van der Waals surface area contributed by atoms with E-state index in [9.17, 15) is 9.59 Å². The lowest BCUT2D eigenvalue weighted by Crippen LogP contribution is -2.58. The topological polar surface area (TPSA) is 81.1 Å². The van der Waals surface area contributed by atoms with Crippen molar-refractivity contribution in [3.8, 4) is 0 Å². The molecule has 114 valence electrons. The van der Waals surface area contributed by atoms with Crippen LogP contribution in [0.2, 0.25) is 0 Å². The molecule has 2 rings (SSSR count). The number of carboxylic acids is 1. The molecule has 6 heteroatoms. The number of aliphatic hydroxyl groups is 1. The fraction of sp³-hybridized carbons (Fsp3) is 0.857. The molecule has 0 saturated carbocycles. The molecule has 2 N–H and O–H groups in total. The number of urea groups is 1. The summed E-state index contributed by atoms with van der Waals surface area (Å²) in [5.74, 6) is -0.701. The SMILES string of the molecule is CC(C(=O)O)C1CN(C(=O)N2CCCC(CCO)C2)C1. The Balaban J connectivity index is 1.80. The first-order chi connectivity index (χ1) is 9.52. The quantitative estimate of drug-likeness (QED) is 0.802. The number of aliphatic carboxylic acids is 1. The van der Waals surface area contributed by atoms with E-state index in [1.165, 1.54) is 0 Å². The lowest BCUT2D eigenvalue weighted by molar-refractivity contribution is -0.144. The Morgan fingerprint density at radius 1 is 1.25 bits per heavy atom. The van der Waals surface area contributed by atoms with Gasteiger partial charge in [-0.25, -0.2) is 4.79 Å². The number of piperidine rings is 1. The van der Waals surface area contributed by atoms with E-state index in [2.05, 4.69) is 0 Å². The molecular weight excluding hydrogens is 260 g/mol. The van der Waals surface area contributed by atoms with Crippen LogP contribution >= 0.6 is 0 Å². The van der Waals surface area contributed by atoms with E-state index >= 15 is 0 Å². The number of nitrogens with zero attached hydrogens (tertiary/aromatic N) is 2. The average Bonchev–Trinajstić information content (AvgIpc) is 2.37. The number of hydrogen-bond donors (Lipinski definition) is 2. The van der Waals surface area contributed by atoms with Crippen LogP contribution in [0.15, 0.2) is 0 Å². The summed E-state index contributed by atoms with van der Waals surface area (Å²) in [5.41, 5.74) is 0. The fourth-order valence-electron chi connectivity index (χ4n) is 3.04. The van der Waals surface area contributed by atoms with Crippen molar-refractivity contribution in [3.63, 3.8) is 0 Å². The van der Waals surface area contributed by atoms with Gasteiger partial charge in [-0.05, 0) is 25.2 Å². The van der Waals surface area contributed by atoms with Crippen molar-refractivity contribution < 1.29 is 19.8 Å². The predicted molar refractivity (Wildman–Crippen MR) is 73.3 cm³/mol. The molecule has 2 atom stereocenters. The number of carboxylic acid groups (broad SMARTS) is 1. The second-order valence-corrected chi connectivity index (χ2v) is 6.04. The van der Waals surface area contributed by atoms with Gasteiger partial charge in [0.05, 0.1) is 5.92 Å². The van der Waals surface area contributed by atoms with Crippen LogP contribution in [0.25, 0.3) is 0 Å². The molecule has 0 aliphatic carbocycles. The average molecular weight is 284 g/mol. The molecule has 2 heterocycles. The van der Waals surface area contributed by atoms with Crippen LogP contribution in [0, 0.1) is 17.8 Å². The zero-order chi connectivity index (χ0) is 14.7. The van der Waals surface area contributed by atoms with E-state index in [1.54, 1.807) is 11.8 Å². The maximum Gasteiger partial charge on any atom is 0.320 e. The molecule has 20 heavy (non-hydrogen) atoms. The van der Waals surface area contributed by atoms with E-state index < -0.39 is 5.97 Å². The minimum absolute atomic E-state index is 0.0291. The molecule has 0 aromatic carbocycles. The number of carbonyl (C=O) groups excluding carboxylic acids is 1. The highest BCUT2D eigenvalue weighted by atomic mass is 16.4. The number of aliphatic hydroxyl groups excluding tert-OH is 1. The lowest BCUT2D eigenvalue weighted by Gasteiger charge is -2.45. The summed E-state index contributed by atoms with van der Waals surface area (Å²) in [4.78, 5) is 26.8. The van der Waals surface area contributed by atoms with E-state index in [0.29, 0.717) is 19.0 Å². The normalized spacial score (nSPS) is 25.2. The third-order valence-electron chi connectivity index (χ3n) is 4.60. The first kappa shape index (κ1) is 15.1. The molecule has 2 amide bonds. The van der Waals surface area contributed by atoms with Gasteiger partial charge in [-0.2, -0.15) is 0 Å². The highest BCUT2D eigenvalue weighted by Crippen LogP contribution is 2.27. The molecular formula is C14H24N2O4. The predicted octanol–water partition coefficient (Wildman–Crippen LogP) is 0.853. The van der Waals surface area contributed by atoms with Gasteiger partial charge in [0.25, 0.3) is 0 Å². The first-order valence-corrected chi connectivity index (χ1v) is 7.40. The molecule has 6 nitrogen and oxygen atoms in total. The van der Waals surface area contributed by atoms with Crippen LogP contribution in [-0.2, 0) is 4.79 Å². The van der Waals surface area contributed by atoms with Gasteiger partial charge >= 0.3 is 12.0 Å². The maximum absolute atomic E-state index is 12.3. The Morgan fingerprint density at radius 3 is 2.55 bits per heavy atom. The van der Waals surface area contributed by atoms with E-state index in [1.807, 2.05) is 4.90 Å². The monoisotopic (exact) mass is 284 g/mol. The molecule has 2 unspecified atom stereocenters. The van der Waals surface area contributed by atoms with Crippen LogP contribution in [-0.4, -0.2) is 64.8 Å². The third kappa shape index (κ3) is 3.23. The molecule has 2 saturated heterocycles. The largest absolute Gasteiger partial charge is 0.481 e. The standard InChI is InChI=1S/C14H24N2O4/c1-10(13(18)19)12-8-16(9-12)14(20)15-5-2-3-11(7-15)4-6-17/h10-12,17H,2-9H2,1H3,(H,18,19). The number of likely N-dealkylation sites (tertiary alicyclic amines) is 2. The van der Waals surface area contributed by atoms with Crippen molar-refractivity contribution in [1.82, 2.24) is 9.80 Å². The van der Waals surface area contributed by atoms with E-state index in [4.69, 9.17) is 10.2 Å². The summed E-state index contributed by atoms with van der Waals surface area (Å²) in [6.45, 7) is 4.47. The van der Waals surface area contributed by atoms with Crippen molar-refractivity contribution in [1.29, 1.82) is 0 Å². The summed E-state index contributed by atoms with van der Waals surface area (Å²) < 4.78 is 0. The third-order valence-corrected chi connectivity index (χ3v) is 4.60. The Bertz CT molecular complexity index is 366. The van der Waals surface area contributed by atoms with Gasteiger partial charge < -0.3 is 20.0 Å². The Labute approximate surface area is 119 Å². The molecule has 0 radical (unpaired) electrons. The first-order valence-electron chi connectivity index (χ1n) is 7.40. The summed E-state index contributed by atoms with van der Waals surface area (Å²) in [6.07, 6.45) is 2.81. The van der Waals surface area contributed by atoms with Crippen LogP contribution in [0.5, 0.6) is 0 Å². The smallest absolute Gasteiger partial charge is 0.320 e. The Hall–Kier alpha value is -1.30. The van der Waals surface area contributed by atoms with Crippen molar-refractivity contribution in [2.75, 3.05) is 32.8 Å². The van der Waals surface area contributed by atoms with E-state index in [0.717, 1.165) is 32.4 Å². The molecule has 2 aliphatic heterocycles. The maximum atomic E-state index is 12.3. The molecule has 0 bridgehead atoms. The van der Waals surface area contributed by atoms with Gasteiger partial charge in [0.2, 0.25) is 0 Å². The van der Waals surface area contributed by atoms with Gasteiger partial charge in [-0.3, -0.25) is 4.79 Å². The summed E-state index contributed by atoms with van der Waals surface area (Å²) in [5, 5.41) is 17.9. The minimum atomic E-state index is -0.789. The van der Waals surface area contributed by atoms with Crippen LogP contribution in [0.1, 0.15) is 26.2 Å². The van der Waals surface area contributed by atoms with Crippen molar-refractivity contribution >= 4 is 12.0 Å². The highest BCUT2D eigenvalue weighted by molar-refractivity contribution is 5.76. The molecule has 0 aromatic rings. The number of rotatable bonds is 4. The van der Waals surface area contributed by atoms with Gasteiger partial charge in [0, 0.05) is 38.7 Å². The second kappa shape index (κ2) is 6.43. The number of hydrogen-bond acceptors (Lipinski definition) is 3. The van der Waals surface area contributed by atoms with Crippen LogP contribution < -0.4 is 0 Å². The zero-order valence-electron chi connectivity index (χ0n) is 12.0. The van der Waals surface area contributed by atoms with Crippen molar-refractivity contribution in [2.24, 2.45) is 17.8 Å². The van der Waals surface area contributed by atoms with Crippen LogP contribution in [0.4, 0.5) is 4.79 Å². The summed E-state index contributed by atoms with van der Waals surface area (Å²) in [6, 6.07) is 0.0291. The van der Waals surface area contributed by atoms with Gasteiger partial charge in [0.15, 0.2) is 0 Å². The Morgan fingerprint density at radius 2 is 1.95 bits per heavy atom. The van der Waals surface area contributed by atoms with Gasteiger partial charge in [-0.1, -0.05) is 6.92 Å². The summed E-state index contributed by atoms with van der Waals surface area (Å²) >= 11 is 0. The molecule has 0 spiro atoms.